The normalized spacial score (nSPS) is 46.5. The summed E-state index contributed by atoms with van der Waals surface area (Å²) in [5.74, 6) is 3.21. The topological polar surface area (TPSA) is 33.4 Å². The van der Waals surface area contributed by atoms with Gasteiger partial charge >= 0.3 is 0 Å². The minimum Gasteiger partial charge on any atom is -0.469 e. The van der Waals surface area contributed by atoms with Crippen LogP contribution in [0, 0.1) is 28.6 Å². The van der Waals surface area contributed by atoms with Gasteiger partial charge in [-0.05, 0) is 65.4 Å². The first-order valence-corrected chi connectivity index (χ1v) is 9.09. The zero-order valence-corrected chi connectivity index (χ0v) is 14.4. The summed E-state index contributed by atoms with van der Waals surface area (Å²) in [5.41, 5.74) is 2.05. The number of hydrogen-bond donors (Lipinski definition) is 1. The maximum Gasteiger partial charge on any atom is 0.107 e. The second kappa shape index (κ2) is 4.63. The minimum atomic E-state index is -0.154. The Kier molecular flexibility index (Phi) is 3.11. The predicted molar refractivity (Wildman–Crippen MR) is 87.7 cm³/mol. The van der Waals surface area contributed by atoms with Crippen molar-refractivity contribution in [1.29, 1.82) is 0 Å². The molecule has 1 aromatic rings. The van der Waals surface area contributed by atoms with Gasteiger partial charge in [0.1, 0.15) is 5.76 Å². The van der Waals surface area contributed by atoms with Gasteiger partial charge in [-0.1, -0.05) is 34.1 Å². The van der Waals surface area contributed by atoms with Gasteiger partial charge < -0.3 is 9.52 Å². The number of fused-ring (bicyclic) bond motifs is 4. The number of hydrogen-bond acceptors (Lipinski definition) is 2. The number of rotatable bonds is 0. The molecule has 1 N–H and O–H groups in total. The standard InChI is InChI=1S/C20H30O2/c1-12-13-6-9-22-16(13)10-14-18(12)15(21)11-17-19(2,3)7-5-8-20(14,17)4/h6,9,12,14-15,17-18,21H,5,7-8,10-11H2,1-4H3/t12-,14-,15-,17-,18-,20+/m0/s1. The molecule has 122 valence electrons. The first kappa shape index (κ1) is 14.8. The molecule has 0 bridgehead atoms. The van der Waals surface area contributed by atoms with Crippen LogP contribution in [0.1, 0.15) is 70.6 Å². The van der Waals surface area contributed by atoms with E-state index in [0.717, 1.165) is 12.8 Å². The lowest BCUT2D eigenvalue weighted by atomic mass is 9.43. The summed E-state index contributed by atoms with van der Waals surface area (Å²) in [7, 11) is 0. The Morgan fingerprint density at radius 2 is 2.00 bits per heavy atom. The molecule has 1 aromatic heterocycles. The molecule has 0 saturated heterocycles. The molecule has 2 nitrogen and oxygen atoms in total. The first-order valence-electron chi connectivity index (χ1n) is 9.09. The van der Waals surface area contributed by atoms with Crippen LogP contribution in [-0.4, -0.2) is 11.2 Å². The van der Waals surface area contributed by atoms with Gasteiger partial charge in [-0.3, -0.25) is 0 Å². The SMILES string of the molecule is C[C@H]1c2ccoc2C[C@H]2[C@H]1[C@@H](O)C[C@H]1C(C)(C)CCC[C@]21C. The highest BCUT2D eigenvalue weighted by atomic mass is 16.3. The molecule has 2 fully saturated rings. The average molecular weight is 302 g/mol. The molecule has 0 radical (unpaired) electrons. The quantitative estimate of drug-likeness (QED) is 0.749. The molecular weight excluding hydrogens is 272 g/mol. The van der Waals surface area contributed by atoms with E-state index in [1.54, 1.807) is 0 Å². The van der Waals surface area contributed by atoms with E-state index >= 15 is 0 Å². The minimum absolute atomic E-state index is 0.154. The van der Waals surface area contributed by atoms with Gasteiger partial charge in [-0.2, -0.15) is 0 Å². The Morgan fingerprint density at radius 3 is 2.77 bits per heavy atom. The molecule has 0 unspecified atom stereocenters. The van der Waals surface area contributed by atoms with Crippen LogP contribution in [0.2, 0.25) is 0 Å². The third-order valence-corrected chi connectivity index (χ3v) is 7.76. The third kappa shape index (κ3) is 1.82. The molecule has 2 saturated carbocycles. The van der Waals surface area contributed by atoms with Crippen molar-refractivity contribution in [1.82, 2.24) is 0 Å². The van der Waals surface area contributed by atoms with E-state index < -0.39 is 0 Å². The molecule has 4 rings (SSSR count). The van der Waals surface area contributed by atoms with Crippen molar-refractivity contribution >= 4 is 0 Å². The monoisotopic (exact) mass is 302 g/mol. The lowest BCUT2D eigenvalue weighted by molar-refractivity contribution is -0.152. The second-order valence-electron chi connectivity index (χ2n) is 9.18. The van der Waals surface area contributed by atoms with Crippen molar-refractivity contribution < 1.29 is 9.52 Å². The van der Waals surface area contributed by atoms with E-state index in [-0.39, 0.29) is 6.10 Å². The Hall–Kier alpha value is -0.760. The van der Waals surface area contributed by atoms with Gasteiger partial charge in [-0.15, -0.1) is 0 Å². The summed E-state index contributed by atoms with van der Waals surface area (Å²) in [6.07, 6.45) is 7.66. The smallest absolute Gasteiger partial charge is 0.107 e. The fourth-order valence-electron chi connectivity index (χ4n) is 6.68. The van der Waals surface area contributed by atoms with E-state index in [4.69, 9.17) is 4.42 Å². The highest BCUT2D eigenvalue weighted by molar-refractivity contribution is 5.29. The van der Waals surface area contributed by atoms with Crippen LogP contribution in [0.4, 0.5) is 0 Å². The first-order chi connectivity index (χ1) is 10.3. The van der Waals surface area contributed by atoms with E-state index in [2.05, 4.69) is 33.8 Å². The van der Waals surface area contributed by atoms with Crippen molar-refractivity contribution in [3.63, 3.8) is 0 Å². The molecule has 0 amide bonds. The van der Waals surface area contributed by atoms with Gasteiger partial charge in [-0.25, -0.2) is 0 Å². The summed E-state index contributed by atoms with van der Waals surface area (Å²) in [5, 5.41) is 11.0. The Balaban J connectivity index is 1.79. The lowest BCUT2D eigenvalue weighted by Crippen LogP contribution is -2.58. The Labute approximate surface area is 134 Å². The molecule has 3 aliphatic carbocycles. The second-order valence-corrected chi connectivity index (χ2v) is 9.18. The van der Waals surface area contributed by atoms with Crippen LogP contribution < -0.4 is 0 Å². The van der Waals surface area contributed by atoms with Gasteiger partial charge in [0.2, 0.25) is 0 Å². The van der Waals surface area contributed by atoms with Gasteiger partial charge in [0, 0.05) is 6.42 Å². The maximum atomic E-state index is 11.0. The molecule has 22 heavy (non-hydrogen) atoms. The molecular formula is C20H30O2. The van der Waals surface area contributed by atoms with E-state index in [9.17, 15) is 5.11 Å². The molecule has 2 heteroatoms. The Bertz CT molecular complexity index is 572. The molecule has 0 aromatic carbocycles. The molecule has 3 aliphatic rings. The summed E-state index contributed by atoms with van der Waals surface area (Å²) in [6, 6.07) is 2.13. The van der Waals surface area contributed by atoms with Crippen LogP contribution in [0.5, 0.6) is 0 Å². The molecule has 1 heterocycles. The predicted octanol–water partition coefficient (Wildman–Crippen LogP) is 4.77. The fourth-order valence-corrected chi connectivity index (χ4v) is 6.68. The molecule has 6 atom stereocenters. The van der Waals surface area contributed by atoms with Crippen LogP contribution >= 0.6 is 0 Å². The van der Waals surface area contributed by atoms with Gasteiger partial charge in [0.05, 0.1) is 12.4 Å². The van der Waals surface area contributed by atoms with E-state index in [0.29, 0.717) is 34.5 Å². The third-order valence-electron chi connectivity index (χ3n) is 7.76. The van der Waals surface area contributed by atoms with Crippen LogP contribution in [-0.2, 0) is 6.42 Å². The molecule has 0 spiro atoms. The number of aliphatic hydroxyl groups is 1. The summed E-state index contributed by atoms with van der Waals surface area (Å²) >= 11 is 0. The molecule has 0 aliphatic heterocycles. The lowest BCUT2D eigenvalue weighted by Gasteiger charge is -2.62. The number of furan rings is 1. The zero-order valence-electron chi connectivity index (χ0n) is 14.4. The Morgan fingerprint density at radius 1 is 1.23 bits per heavy atom. The highest BCUT2D eigenvalue weighted by Crippen LogP contribution is 2.64. The van der Waals surface area contributed by atoms with Crippen molar-refractivity contribution in [2.24, 2.45) is 28.6 Å². The van der Waals surface area contributed by atoms with Crippen molar-refractivity contribution in [2.75, 3.05) is 0 Å². The van der Waals surface area contributed by atoms with Gasteiger partial charge in [0.25, 0.3) is 0 Å². The van der Waals surface area contributed by atoms with Gasteiger partial charge in [0.15, 0.2) is 0 Å². The van der Waals surface area contributed by atoms with Crippen molar-refractivity contribution in [2.45, 2.75) is 71.8 Å². The maximum absolute atomic E-state index is 11.0. The fraction of sp³-hybridized carbons (Fsp3) is 0.800. The van der Waals surface area contributed by atoms with Crippen molar-refractivity contribution in [3.8, 4) is 0 Å². The summed E-state index contributed by atoms with van der Waals surface area (Å²) < 4.78 is 5.81. The van der Waals surface area contributed by atoms with E-state index in [1.165, 1.54) is 30.6 Å². The van der Waals surface area contributed by atoms with Crippen LogP contribution in [0.15, 0.2) is 16.7 Å². The van der Waals surface area contributed by atoms with Crippen LogP contribution in [0.25, 0.3) is 0 Å². The van der Waals surface area contributed by atoms with Crippen LogP contribution in [0.3, 0.4) is 0 Å². The average Bonchev–Trinajstić information content (AvgIpc) is 2.90. The van der Waals surface area contributed by atoms with E-state index in [1.807, 2.05) is 6.26 Å². The summed E-state index contributed by atoms with van der Waals surface area (Å²) in [6.45, 7) is 9.66. The largest absolute Gasteiger partial charge is 0.469 e. The summed E-state index contributed by atoms with van der Waals surface area (Å²) in [4.78, 5) is 0. The van der Waals surface area contributed by atoms with Crippen molar-refractivity contribution in [3.05, 3.63) is 23.7 Å². The number of aliphatic hydroxyl groups excluding tert-OH is 1. The zero-order chi connectivity index (χ0) is 15.7. The highest BCUT2D eigenvalue weighted by Gasteiger charge is 2.59.